The second-order valence-corrected chi connectivity index (χ2v) is 5.24. The lowest BCUT2D eigenvalue weighted by Crippen LogP contribution is -2.20. The Kier molecular flexibility index (Phi) is 4.02. The predicted octanol–water partition coefficient (Wildman–Crippen LogP) is 2.23. The second-order valence-electron chi connectivity index (χ2n) is 3.90. The molecule has 104 valence electrons. The Morgan fingerprint density at radius 3 is 2.15 bits per heavy atom. The van der Waals surface area contributed by atoms with E-state index in [1.54, 1.807) is 30.3 Å². The maximum Gasteiger partial charge on any atom is 0.323 e. The summed E-state index contributed by atoms with van der Waals surface area (Å²) in [6.07, 6.45) is 0. The molecule has 0 spiro atoms. The molecule has 0 saturated carbocycles. The molecule has 0 aliphatic carbocycles. The van der Waals surface area contributed by atoms with Crippen molar-refractivity contribution in [2.45, 2.75) is 4.90 Å². The van der Waals surface area contributed by atoms with Gasteiger partial charge >= 0.3 is 6.03 Å². The first-order valence-electron chi connectivity index (χ1n) is 5.65. The van der Waals surface area contributed by atoms with Gasteiger partial charge in [-0.3, -0.25) is 0 Å². The van der Waals surface area contributed by atoms with Crippen molar-refractivity contribution < 1.29 is 17.8 Å². The average Bonchev–Trinajstić information content (AvgIpc) is 2.39. The van der Waals surface area contributed by atoms with Crippen LogP contribution in [0.3, 0.4) is 0 Å². The van der Waals surface area contributed by atoms with Crippen LogP contribution in [-0.4, -0.2) is 19.0 Å². The van der Waals surface area contributed by atoms with Crippen LogP contribution in [0.25, 0.3) is 0 Å². The zero-order valence-electron chi connectivity index (χ0n) is 10.2. The van der Waals surface area contributed by atoms with Crippen LogP contribution >= 0.6 is 0 Å². The van der Waals surface area contributed by atoms with Crippen molar-refractivity contribution >= 4 is 27.5 Å². The van der Waals surface area contributed by atoms with Gasteiger partial charge in [0, 0.05) is 5.69 Å². The number of hydrogen-bond acceptors (Lipinski definition) is 4. The molecule has 0 atom stereocenters. The molecule has 20 heavy (non-hydrogen) atoms. The first-order chi connectivity index (χ1) is 9.47. The molecule has 0 unspecified atom stereocenters. The molecule has 0 heterocycles. The van der Waals surface area contributed by atoms with Gasteiger partial charge in [-0.1, -0.05) is 30.3 Å². The smallest absolute Gasteiger partial charge is 0.323 e. The van der Waals surface area contributed by atoms with E-state index in [1.165, 1.54) is 18.2 Å². The number of hydrogen-bond donors (Lipinski definition) is 2. The quantitative estimate of drug-likeness (QED) is 0.847. The molecule has 0 saturated heterocycles. The van der Waals surface area contributed by atoms with Gasteiger partial charge in [-0.15, -0.1) is 0 Å². The lowest BCUT2D eigenvalue weighted by Gasteiger charge is -2.14. The molecule has 0 aliphatic heterocycles. The Labute approximate surface area is 116 Å². The highest BCUT2D eigenvalue weighted by Crippen LogP contribution is 2.20. The number of para-hydroxylation sites is 2. The first kappa shape index (κ1) is 14.0. The van der Waals surface area contributed by atoms with E-state index in [0.717, 1.165) is 6.07 Å². The Morgan fingerprint density at radius 1 is 0.900 bits per heavy atom. The number of nitrogens with one attached hydrogen (secondary N) is 2. The zero-order valence-corrected chi connectivity index (χ0v) is 11.1. The SMILES string of the molecule is O=C(Nc1ccccc1)Nc1ccccc1S(=O)(=O)[O-]. The summed E-state index contributed by atoms with van der Waals surface area (Å²) < 4.78 is 33.2. The van der Waals surface area contributed by atoms with Crippen molar-refractivity contribution in [3.05, 3.63) is 54.6 Å². The second kappa shape index (κ2) is 5.72. The third-order valence-electron chi connectivity index (χ3n) is 2.44. The molecule has 0 aromatic heterocycles. The maximum atomic E-state index is 11.7. The van der Waals surface area contributed by atoms with Gasteiger partial charge in [-0.2, -0.15) is 0 Å². The molecule has 2 aromatic rings. The Balaban J connectivity index is 2.17. The monoisotopic (exact) mass is 291 g/mol. The topological polar surface area (TPSA) is 98.3 Å². The van der Waals surface area contributed by atoms with Crippen molar-refractivity contribution in [1.29, 1.82) is 0 Å². The molecule has 2 amide bonds. The summed E-state index contributed by atoms with van der Waals surface area (Å²) >= 11 is 0. The van der Waals surface area contributed by atoms with Gasteiger partial charge in [0.15, 0.2) is 0 Å². The maximum absolute atomic E-state index is 11.7. The predicted molar refractivity (Wildman–Crippen MR) is 73.5 cm³/mol. The summed E-state index contributed by atoms with van der Waals surface area (Å²) in [6.45, 7) is 0. The van der Waals surface area contributed by atoms with Gasteiger partial charge in [0.05, 0.1) is 10.6 Å². The number of benzene rings is 2. The summed E-state index contributed by atoms with van der Waals surface area (Å²) in [6, 6.07) is 13.4. The van der Waals surface area contributed by atoms with Crippen LogP contribution in [-0.2, 0) is 10.1 Å². The minimum Gasteiger partial charge on any atom is -0.744 e. The summed E-state index contributed by atoms with van der Waals surface area (Å²) in [4.78, 5) is 11.3. The van der Waals surface area contributed by atoms with Crippen LogP contribution < -0.4 is 10.6 Å². The lowest BCUT2D eigenvalue weighted by atomic mass is 10.3. The van der Waals surface area contributed by atoms with Crippen LogP contribution in [0.4, 0.5) is 16.2 Å². The standard InChI is InChI=1S/C13H12N2O4S/c16-13(14-10-6-2-1-3-7-10)15-11-8-4-5-9-12(11)20(17,18)19/h1-9H,(H2,14,15,16)(H,17,18,19)/p-1. The fourth-order valence-corrected chi connectivity index (χ4v) is 2.23. The van der Waals surface area contributed by atoms with Crippen molar-refractivity contribution in [3.8, 4) is 0 Å². The van der Waals surface area contributed by atoms with E-state index in [2.05, 4.69) is 10.6 Å². The zero-order chi connectivity index (χ0) is 14.6. The summed E-state index contributed by atoms with van der Waals surface area (Å²) in [5.41, 5.74) is 0.489. The van der Waals surface area contributed by atoms with Crippen molar-refractivity contribution in [3.63, 3.8) is 0 Å². The van der Waals surface area contributed by atoms with E-state index in [0.29, 0.717) is 5.69 Å². The van der Waals surface area contributed by atoms with Gasteiger partial charge < -0.3 is 15.2 Å². The largest absolute Gasteiger partial charge is 0.744 e. The van der Waals surface area contributed by atoms with Crippen LogP contribution in [0, 0.1) is 0 Å². The van der Waals surface area contributed by atoms with E-state index in [9.17, 15) is 17.8 Å². The molecule has 6 nitrogen and oxygen atoms in total. The first-order valence-corrected chi connectivity index (χ1v) is 7.05. The molecular weight excluding hydrogens is 280 g/mol. The van der Waals surface area contributed by atoms with Crippen LogP contribution in [0.1, 0.15) is 0 Å². The Morgan fingerprint density at radius 2 is 1.50 bits per heavy atom. The van der Waals surface area contributed by atoms with Gasteiger partial charge in [0.25, 0.3) is 0 Å². The highest BCUT2D eigenvalue weighted by atomic mass is 32.2. The molecule has 0 fully saturated rings. The Hall–Kier alpha value is -2.38. The number of rotatable bonds is 3. The highest BCUT2D eigenvalue weighted by Gasteiger charge is 2.10. The molecule has 0 radical (unpaired) electrons. The van der Waals surface area contributed by atoms with Crippen LogP contribution in [0.2, 0.25) is 0 Å². The van der Waals surface area contributed by atoms with E-state index >= 15 is 0 Å². The minimum atomic E-state index is -4.64. The van der Waals surface area contributed by atoms with Crippen molar-refractivity contribution in [2.75, 3.05) is 10.6 Å². The molecule has 2 N–H and O–H groups in total. The van der Waals surface area contributed by atoms with Crippen LogP contribution in [0.5, 0.6) is 0 Å². The van der Waals surface area contributed by atoms with E-state index in [4.69, 9.17) is 0 Å². The average molecular weight is 291 g/mol. The van der Waals surface area contributed by atoms with Crippen molar-refractivity contribution in [2.24, 2.45) is 0 Å². The van der Waals surface area contributed by atoms with Crippen LogP contribution in [0.15, 0.2) is 59.5 Å². The fourth-order valence-electron chi connectivity index (χ4n) is 1.59. The number of anilines is 2. The molecule has 7 heteroatoms. The molecule has 2 rings (SSSR count). The number of carbonyl (C=O) groups excluding carboxylic acids is 1. The minimum absolute atomic E-state index is 0.0593. The third-order valence-corrected chi connectivity index (χ3v) is 3.33. The number of amides is 2. The van der Waals surface area contributed by atoms with Gasteiger partial charge in [-0.05, 0) is 24.3 Å². The van der Waals surface area contributed by atoms with Gasteiger partial charge in [0.1, 0.15) is 10.1 Å². The normalized spacial score (nSPS) is 10.8. The Bertz CT molecular complexity index is 714. The fraction of sp³-hybridized carbons (Fsp3) is 0. The molecule has 0 bridgehead atoms. The van der Waals surface area contributed by atoms with Crippen molar-refractivity contribution in [1.82, 2.24) is 0 Å². The lowest BCUT2D eigenvalue weighted by molar-refractivity contribution is 0.262. The van der Waals surface area contributed by atoms with E-state index < -0.39 is 21.0 Å². The highest BCUT2D eigenvalue weighted by molar-refractivity contribution is 7.86. The summed E-state index contributed by atoms with van der Waals surface area (Å²) in [5, 5.41) is 4.86. The molecule has 0 aliphatic rings. The summed E-state index contributed by atoms with van der Waals surface area (Å²) in [7, 11) is -4.64. The third kappa shape index (κ3) is 3.56. The molecular formula is C13H11N2O4S-. The number of urea groups is 1. The van der Waals surface area contributed by atoms with Gasteiger partial charge in [-0.25, -0.2) is 13.2 Å². The van der Waals surface area contributed by atoms with E-state index in [1.807, 2.05) is 0 Å². The van der Waals surface area contributed by atoms with Gasteiger partial charge in [0.2, 0.25) is 0 Å². The molecule has 2 aromatic carbocycles. The number of carbonyl (C=O) groups is 1. The summed E-state index contributed by atoms with van der Waals surface area (Å²) in [5.74, 6) is 0. The van der Waals surface area contributed by atoms with E-state index in [-0.39, 0.29) is 5.69 Å².